The van der Waals surface area contributed by atoms with Crippen LogP contribution in [0.3, 0.4) is 0 Å². The minimum atomic E-state index is -3.68. The number of benzene rings is 2. The van der Waals surface area contributed by atoms with Gasteiger partial charge in [0.1, 0.15) is 0 Å². The highest BCUT2D eigenvalue weighted by atomic mass is 32.2. The van der Waals surface area contributed by atoms with Gasteiger partial charge in [-0.05, 0) is 49.2 Å². The first-order chi connectivity index (χ1) is 15.6. The second-order valence-corrected chi connectivity index (χ2v) is 9.89. The van der Waals surface area contributed by atoms with Crippen LogP contribution in [0.4, 0.5) is 0 Å². The molecule has 2 aromatic carbocycles. The van der Waals surface area contributed by atoms with Crippen LogP contribution in [-0.4, -0.2) is 43.6 Å². The quantitative estimate of drug-likeness (QED) is 0.512. The SMILES string of the molecule is Cc1ccc(-c2cnc(CCC(=O)NNC(=O)c3cccc(S(=O)(=O)N(C)C)c3)o2)cc1C. The fraction of sp³-hybridized carbons (Fsp3) is 0.261. The van der Waals surface area contributed by atoms with Gasteiger partial charge in [0.25, 0.3) is 5.91 Å². The van der Waals surface area contributed by atoms with E-state index in [1.807, 2.05) is 32.0 Å². The second kappa shape index (κ2) is 9.97. The van der Waals surface area contributed by atoms with Crippen LogP contribution >= 0.6 is 0 Å². The Balaban J connectivity index is 1.54. The molecule has 0 bridgehead atoms. The van der Waals surface area contributed by atoms with E-state index < -0.39 is 21.8 Å². The standard InChI is InChI=1S/C23H26N4O5S/c1-15-8-9-17(12-16(15)2)20-14-24-22(32-20)11-10-21(28)25-26-23(29)18-6-5-7-19(13-18)33(30,31)27(3)4/h5-9,12-14H,10-11H2,1-4H3,(H,25,28)(H,26,29). The van der Waals surface area contributed by atoms with Gasteiger partial charge in [-0.3, -0.25) is 20.4 Å². The molecule has 0 unspecified atom stereocenters. The van der Waals surface area contributed by atoms with Crippen molar-refractivity contribution in [2.75, 3.05) is 14.1 Å². The predicted molar refractivity (Wildman–Crippen MR) is 123 cm³/mol. The molecule has 0 aliphatic rings. The fourth-order valence-electron chi connectivity index (χ4n) is 2.94. The number of carbonyl (C=O) groups is 2. The van der Waals surface area contributed by atoms with Crippen LogP contribution in [0.25, 0.3) is 11.3 Å². The topological polar surface area (TPSA) is 122 Å². The lowest BCUT2D eigenvalue weighted by Gasteiger charge is -2.12. The number of oxazole rings is 1. The van der Waals surface area contributed by atoms with Crippen molar-refractivity contribution in [2.24, 2.45) is 0 Å². The van der Waals surface area contributed by atoms with Gasteiger partial charge in [-0.1, -0.05) is 18.2 Å². The van der Waals surface area contributed by atoms with Gasteiger partial charge in [0.05, 0.1) is 11.1 Å². The summed E-state index contributed by atoms with van der Waals surface area (Å²) >= 11 is 0. The van der Waals surface area contributed by atoms with Crippen LogP contribution in [-0.2, 0) is 21.2 Å². The molecule has 0 radical (unpaired) electrons. The third-order valence-electron chi connectivity index (χ3n) is 5.10. The lowest BCUT2D eigenvalue weighted by molar-refractivity contribution is -0.121. The third-order valence-corrected chi connectivity index (χ3v) is 6.91. The number of amides is 2. The minimum absolute atomic E-state index is 0.0186. The Morgan fingerprint density at radius 2 is 1.79 bits per heavy atom. The Morgan fingerprint density at radius 3 is 2.48 bits per heavy atom. The molecule has 1 aromatic heterocycles. The average Bonchev–Trinajstić information content (AvgIpc) is 3.27. The number of aryl methyl sites for hydroxylation is 3. The van der Waals surface area contributed by atoms with Gasteiger partial charge in [0.15, 0.2) is 11.7 Å². The molecule has 3 aromatic rings. The largest absolute Gasteiger partial charge is 0.441 e. The zero-order valence-corrected chi connectivity index (χ0v) is 19.7. The Labute approximate surface area is 192 Å². The molecule has 2 N–H and O–H groups in total. The number of hydrazine groups is 1. The Morgan fingerprint density at radius 1 is 1.03 bits per heavy atom. The maximum absolute atomic E-state index is 12.3. The van der Waals surface area contributed by atoms with Gasteiger partial charge in [0.2, 0.25) is 15.9 Å². The van der Waals surface area contributed by atoms with Crippen LogP contribution in [0, 0.1) is 13.8 Å². The zero-order valence-electron chi connectivity index (χ0n) is 18.9. The summed E-state index contributed by atoms with van der Waals surface area (Å²) in [4.78, 5) is 28.6. The molecule has 2 amide bonds. The van der Waals surface area contributed by atoms with Gasteiger partial charge >= 0.3 is 0 Å². The molecule has 0 spiro atoms. The normalized spacial score (nSPS) is 11.4. The van der Waals surface area contributed by atoms with Gasteiger partial charge < -0.3 is 4.42 Å². The van der Waals surface area contributed by atoms with E-state index in [2.05, 4.69) is 15.8 Å². The first kappa shape index (κ1) is 24.1. The number of hydrogen-bond acceptors (Lipinski definition) is 6. The third kappa shape index (κ3) is 5.85. The molecule has 1 heterocycles. The number of aromatic nitrogens is 1. The Hall–Kier alpha value is -3.50. The summed E-state index contributed by atoms with van der Waals surface area (Å²) in [5.41, 5.74) is 7.94. The lowest BCUT2D eigenvalue weighted by atomic mass is 10.1. The smallest absolute Gasteiger partial charge is 0.269 e. The van der Waals surface area contributed by atoms with Gasteiger partial charge in [-0.15, -0.1) is 0 Å². The van der Waals surface area contributed by atoms with Crippen molar-refractivity contribution >= 4 is 21.8 Å². The summed E-state index contributed by atoms with van der Waals surface area (Å²) in [5.74, 6) is -0.0423. The van der Waals surface area contributed by atoms with Crippen molar-refractivity contribution in [2.45, 2.75) is 31.6 Å². The molecular weight excluding hydrogens is 444 g/mol. The van der Waals surface area contributed by atoms with E-state index in [0.29, 0.717) is 11.7 Å². The van der Waals surface area contributed by atoms with Crippen molar-refractivity contribution in [3.8, 4) is 11.3 Å². The van der Waals surface area contributed by atoms with E-state index in [9.17, 15) is 18.0 Å². The number of nitrogens with one attached hydrogen (secondary N) is 2. The number of rotatable bonds is 7. The molecule has 0 aliphatic carbocycles. The second-order valence-electron chi connectivity index (χ2n) is 7.73. The lowest BCUT2D eigenvalue weighted by Crippen LogP contribution is -2.41. The summed E-state index contributed by atoms with van der Waals surface area (Å²) in [6.07, 6.45) is 1.92. The van der Waals surface area contributed by atoms with E-state index in [1.165, 1.54) is 43.9 Å². The molecule has 0 saturated heterocycles. The first-order valence-corrected chi connectivity index (χ1v) is 11.7. The molecule has 0 saturated carbocycles. The van der Waals surface area contributed by atoms with E-state index in [0.717, 1.165) is 15.4 Å². The zero-order chi connectivity index (χ0) is 24.2. The monoisotopic (exact) mass is 470 g/mol. The molecule has 174 valence electrons. The summed E-state index contributed by atoms with van der Waals surface area (Å²) in [6, 6.07) is 11.5. The van der Waals surface area contributed by atoms with Crippen molar-refractivity contribution in [3.63, 3.8) is 0 Å². The molecule has 10 heteroatoms. The molecule has 0 atom stereocenters. The fourth-order valence-corrected chi connectivity index (χ4v) is 3.89. The predicted octanol–water partition coefficient (Wildman–Crippen LogP) is 2.60. The Bertz CT molecular complexity index is 1280. The van der Waals surface area contributed by atoms with Gasteiger partial charge in [-0.25, -0.2) is 17.7 Å². The first-order valence-electron chi connectivity index (χ1n) is 10.2. The summed E-state index contributed by atoms with van der Waals surface area (Å²) < 4.78 is 31.2. The molecule has 0 aliphatic heterocycles. The van der Waals surface area contributed by atoms with Crippen molar-refractivity contribution < 1.29 is 22.4 Å². The number of nitrogens with zero attached hydrogens (tertiary/aromatic N) is 2. The van der Waals surface area contributed by atoms with Crippen molar-refractivity contribution in [1.82, 2.24) is 20.1 Å². The number of carbonyl (C=O) groups excluding carboxylic acids is 2. The van der Waals surface area contributed by atoms with E-state index in [1.54, 1.807) is 6.20 Å². The molecule has 9 nitrogen and oxygen atoms in total. The van der Waals surface area contributed by atoms with Gasteiger partial charge in [-0.2, -0.15) is 0 Å². The van der Waals surface area contributed by atoms with Crippen molar-refractivity contribution in [3.05, 3.63) is 71.2 Å². The number of hydrogen-bond donors (Lipinski definition) is 2. The molecular formula is C23H26N4O5S. The molecule has 3 rings (SSSR count). The van der Waals surface area contributed by atoms with Gasteiger partial charge in [0, 0.05) is 38.1 Å². The maximum Gasteiger partial charge on any atom is 0.269 e. The summed E-state index contributed by atoms with van der Waals surface area (Å²) in [6.45, 7) is 4.05. The average molecular weight is 471 g/mol. The van der Waals surface area contributed by atoms with Crippen molar-refractivity contribution in [1.29, 1.82) is 0 Å². The highest BCUT2D eigenvalue weighted by molar-refractivity contribution is 7.89. The highest BCUT2D eigenvalue weighted by Gasteiger charge is 2.19. The molecule has 0 fully saturated rings. The Kier molecular flexibility index (Phi) is 7.29. The summed E-state index contributed by atoms with van der Waals surface area (Å²) in [7, 11) is -0.870. The van der Waals surface area contributed by atoms with E-state index in [-0.39, 0.29) is 23.3 Å². The highest BCUT2D eigenvalue weighted by Crippen LogP contribution is 2.23. The van der Waals surface area contributed by atoms with Crippen LogP contribution in [0.1, 0.15) is 33.8 Å². The van der Waals surface area contributed by atoms with E-state index in [4.69, 9.17) is 4.42 Å². The van der Waals surface area contributed by atoms with Crippen LogP contribution in [0.5, 0.6) is 0 Å². The maximum atomic E-state index is 12.3. The van der Waals surface area contributed by atoms with E-state index >= 15 is 0 Å². The van der Waals surface area contributed by atoms with Crippen LogP contribution < -0.4 is 10.9 Å². The number of sulfonamides is 1. The van der Waals surface area contributed by atoms with Crippen LogP contribution in [0.15, 0.2) is 58.0 Å². The summed E-state index contributed by atoms with van der Waals surface area (Å²) in [5, 5.41) is 0. The van der Waals surface area contributed by atoms with Crippen LogP contribution in [0.2, 0.25) is 0 Å². The minimum Gasteiger partial charge on any atom is -0.441 e. The molecule has 33 heavy (non-hydrogen) atoms.